The molecule has 0 heterocycles. The molecule has 7 heteroatoms. The highest BCUT2D eigenvalue weighted by molar-refractivity contribution is 7.90. The minimum Gasteiger partial charge on any atom is -0.356 e. The van der Waals surface area contributed by atoms with E-state index in [2.05, 4.69) is 5.32 Å². The summed E-state index contributed by atoms with van der Waals surface area (Å²) < 4.78 is 24.2. The molecule has 2 bridgehead atoms. The summed E-state index contributed by atoms with van der Waals surface area (Å²) in [6.45, 7) is 0.396. The van der Waals surface area contributed by atoms with Crippen molar-refractivity contribution in [1.29, 1.82) is 0 Å². The molecule has 1 amide bonds. The first-order chi connectivity index (χ1) is 11.5. The average molecular weight is 387 g/mol. The fraction of sp³-hybridized carbons (Fsp3) is 0.611. The average Bonchev–Trinajstić information content (AvgIpc) is 3.13. The lowest BCUT2D eigenvalue weighted by molar-refractivity contribution is -0.127. The Hall–Kier alpha value is -1.11. The van der Waals surface area contributed by atoms with Crippen LogP contribution in [0.4, 0.5) is 0 Å². The minimum atomic E-state index is -3.15. The molecule has 5 nitrogen and oxygen atoms in total. The van der Waals surface area contributed by atoms with Gasteiger partial charge in [0.25, 0.3) is 0 Å². The van der Waals surface area contributed by atoms with Crippen molar-refractivity contribution >= 4 is 28.2 Å². The Morgan fingerprint density at radius 3 is 2.48 bits per heavy atom. The van der Waals surface area contributed by atoms with E-state index in [0.29, 0.717) is 24.8 Å². The van der Waals surface area contributed by atoms with Gasteiger partial charge in [0.15, 0.2) is 9.84 Å². The monoisotopic (exact) mass is 386 g/mol. The van der Waals surface area contributed by atoms with Crippen LogP contribution in [0.25, 0.3) is 0 Å². The molecule has 4 unspecified atom stereocenters. The van der Waals surface area contributed by atoms with Gasteiger partial charge in [0.05, 0.1) is 17.4 Å². The van der Waals surface area contributed by atoms with Gasteiger partial charge in [-0.3, -0.25) is 4.79 Å². The number of rotatable bonds is 7. The second-order valence-corrected chi connectivity index (χ2v) is 9.34. The van der Waals surface area contributed by atoms with E-state index >= 15 is 0 Å². The van der Waals surface area contributed by atoms with Gasteiger partial charge in [-0.05, 0) is 43.1 Å². The number of halogens is 1. The van der Waals surface area contributed by atoms with Crippen LogP contribution in [0.2, 0.25) is 0 Å². The van der Waals surface area contributed by atoms with Gasteiger partial charge >= 0.3 is 0 Å². The third-order valence-corrected chi connectivity index (χ3v) is 7.13. The van der Waals surface area contributed by atoms with Gasteiger partial charge in [0, 0.05) is 12.6 Å². The zero-order valence-corrected chi connectivity index (χ0v) is 15.9. The van der Waals surface area contributed by atoms with Gasteiger partial charge < -0.3 is 11.1 Å². The van der Waals surface area contributed by atoms with Gasteiger partial charge in [0.2, 0.25) is 5.91 Å². The van der Waals surface area contributed by atoms with E-state index < -0.39 is 9.84 Å². The Kier molecular flexibility index (Phi) is 6.88. The molecular weight excluding hydrogens is 360 g/mol. The zero-order chi connectivity index (χ0) is 17.2. The van der Waals surface area contributed by atoms with Crippen molar-refractivity contribution in [3.8, 4) is 0 Å². The first kappa shape index (κ1) is 20.2. The minimum absolute atomic E-state index is 0. The molecule has 0 spiro atoms. The van der Waals surface area contributed by atoms with Crippen LogP contribution >= 0.6 is 12.4 Å². The molecule has 2 fully saturated rings. The Balaban J connectivity index is 0.00000225. The third-order valence-electron chi connectivity index (χ3n) is 5.44. The predicted octanol–water partition coefficient (Wildman–Crippen LogP) is 1.90. The number of benzene rings is 1. The highest BCUT2D eigenvalue weighted by Crippen LogP contribution is 2.47. The lowest BCUT2D eigenvalue weighted by Crippen LogP contribution is -2.45. The molecule has 25 heavy (non-hydrogen) atoms. The van der Waals surface area contributed by atoms with Gasteiger partial charge in [-0.25, -0.2) is 8.42 Å². The van der Waals surface area contributed by atoms with E-state index in [1.54, 1.807) is 0 Å². The van der Waals surface area contributed by atoms with E-state index in [-0.39, 0.29) is 41.8 Å². The molecule has 2 saturated carbocycles. The Labute approximate surface area is 156 Å². The van der Waals surface area contributed by atoms with Crippen LogP contribution in [0, 0.1) is 17.8 Å². The Morgan fingerprint density at radius 2 is 1.84 bits per heavy atom. The summed E-state index contributed by atoms with van der Waals surface area (Å²) in [7, 11) is -3.15. The maximum atomic E-state index is 12.3. The summed E-state index contributed by atoms with van der Waals surface area (Å²) in [5, 5.41) is 2.89. The van der Waals surface area contributed by atoms with Gasteiger partial charge in [-0.15, -0.1) is 12.4 Å². The van der Waals surface area contributed by atoms with Crippen molar-refractivity contribution in [2.75, 3.05) is 12.3 Å². The second-order valence-electron chi connectivity index (χ2n) is 7.16. The van der Waals surface area contributed by atoms with Gasteiger partial charge in [-0.2, -0.15) is 0 Å². The molecule has 2 aliphatic rings. The van der Waals surface area contributed by atoms with Crippen LogP contribution in [0.5, 0.6) is 0 Å². The van der Waals surface area contributed by atoms with Crippen LogP contribution in [0.3, 0.4) is 0 Å². The van der Waals surface area contributed by atoms with Crippen LogP contribution < -0.4 is 11.1 Å². The topological polar surface area (TPSA) is 89.3 Å². The summed E-state index contributed by atoms with van der Waals surface area (Å²) >= 11 is 0. The lowest BCUT2D eigenvalue weighted by atomic mass is 9.84. The molecule has 2 aliphatic carbocycles. The summed E-state index contributed by atoms with van der Waals surface area (Å²) in [6.07, 6.45) is 3.76. The zero-order valence-electron chi connectivity index (χ0n) is 14.3. The van der Waals surface area contributed by atoms with E-state index in [1.165, 1.54) is 0 Å². The number of nitrogens with one attached hydrogen (secondary N) is 1. The number of carbonyl (C=O) groups is 1. The number of carbonyl (C=O) groups excluding carboxylic acids is 1. The van der Waals surface area contributed by atoms with Crippen molar-refractivity contribution in [2.45, 2.75) is 37.5 Å². The van der Waals surface area contributed by atoms with Gasteiger partial charge in [-0.1, -0.05) is 30.3 Å². The standard InChI is InChI=1S/C18H26N2O3S.ClH/c19-17-15-8-7-14(11-15)16(17)18(21)20-9-4-10-24(22,23)12-13-5-2-1-3-6-13;/h1-3,5-6,14-17H,4,7-12,19H2,(H,20,21);1H. The molecule has 1 aromatic carbocycles. The van der Waals surface area contributed by atoms with Crippen molar-refractivity contribution in [2.24, 2.45) is 23.5 Å². The van der Waals surface area contributed by atoms with Crippen molar-refractivity contribution in [3.05, 3.63) is 35.9 Å². The SMILES string of the molecule is Cl.NC1C2CCC(C2)C1C(=O)NCCCS(=O)(=O)Cc1ccccc1. The number of sulfone groups is 1. The fourth-order valence-corrected chi connectivity index (χ4v) is 5.68. The third kappa shape index (κ3) is 4.96. The highest BCUT2D eigenvalue weighted by Gasteiger charge is 2.48. The molecule has 3 rings (SSSR count). The largest absolute Gasteiger partial charge is 0.356 e. The van der Waals surface area contributed by atoms with Crippen molar-refractivity contribution in [1.82, 2.24) is 5.32 Å². The number of hydrogen-bond donors (Lipinski definition) is 2. The maximum Gasteiger partial charge on any atom is 0.224 e. The summed E-state index contributed by atoms with van der Waals surface area (Å²) in [5.41, 5.74) is 6.97. The van der Waals surface area contributed by atoms with E-state index in [0.717, 1.165) is 24.8 Å². The molecule has 140 valence electrons. The quantitative estimate of drug-likeness (QED) is 0.700. The Bertz CT molecular complexity index is 679. The molecular formula is C18H27ClN2O3S. The molecule has 1 aromatic rings. The van der Waals surface area contributed by atoms with Crippen LogP contribution in [0.1, 0.15) is 31.2 Å². The van der Waals surface area contributed by atoms with Crippen LogP contribution in [-0.2, 0) is 20.4 Å². The van der Waals surface area contributed by atoms with E-state index in [1.807, 2.05) is 30.3 Å². The van der Waals surface area contributed by atoms with Crippen LogP contribution in [0.15, 0.2) is 30.3 Å². The normalized spacial score (nSPS) is 27.7. The second kappa shape index (κ2) is 8.52. The first-order valence-electron chi connectivity index (χ1n) is 8.74. The smallest absolute Gasteiger partial charge is 0.224 e. The highest BCUT2D eigenvalue weighted by atomic mass is 35.5. The number of amides is 1. The van der Waals surface area contributed by atoms with E-state index in [4.69, 9.17) is 5.73 Å². The first-order valence-corrected chi connectivity index (χ1v) is 10.6. The predicted molar refractivity (Wildman–Crippen MR) is 101 cm³/mol. The van der Waals surface area contributed by atoms with Gasteiger partial charge in [0.1, 0.15) is 0 Å². The Morgan fingerprint density at radius 1 is 1.16 bits per heavy atom. The van der Waals surface area contributed by atoms with E-state index in [9.17, 15) is 13.2 Å². The molecule has 4 atom stereocenters. The number of hydrogen-bond acceptors (Lipinski definition) is 4. The number of fused-ring (bicyclic) bond motifs is 2. The molecule has 0 aromatic heterocycles. The summed E-state index contributed by atoms with van der Waals surface area (Å²) in [5.74, 6) is 0.993. The summed E-state index contributed by atoms with van der Waals surface area (Å²) in [4.78, 5) is 12.3. The molecule has 0 aliphatic heterocycles. The summed E-state index contributed by atoms with van der Waals surface area (Å²) in [6, 6.07) is 9.15. The lowest BCUT2D eigenvalue weighted by Gasteiger charge is -2.27. The van der Waals surface area contributed by atoms with Crippen LogP contribution in [-0.4, -0.2) is 32.7 Å². The molecule has 0 radical (unpaired) electrons. The molecule has 3 N–H and O–H groups in total. The molecule has 0 saturated heterocycles. The maximum absolute atomic E-state index is 12.3. The van der Waals surface area contributed by atoms with Crippen molar-refractivity contribution < 1.29 is 13.2 Å². The van der Waals surface area contributed by atoms with Crippen molar-refractivity contribution in [3.63, 3.8) is 0 Å². The number of nitrogens with two attached hydrogens (primary N) is 1. The fourth-order valence-electron chi connectivity index (χ4n) is 4.25.